The Hall–Kier alpha value is -2.20. The third-order valence-electron chi connectivity index (χ3n) is 4.61. The average Bonchev–Trinajstić information content (AvgIpc) is 2.90. The van der Waals surface area contributed by atoms with Crippen LogP contribution >= 0.6 is 11.6 Å². The number of nitrogens with zero attached hydrogens (tertiary/aromatic N) is 1. The van der Waals surface area contributed by atoms with Gasteiger partial charge in [0.1, 0.15) is 5.75 Å². The van der Waals surface area contributed by atoms with Gasteiger partial charge in [-0.1, -0.05) is 36.6 Å². The molecule has 4 nitrogen and oxygen atoms in total. The SMILES string of the molecule is COc1ccc([C@@H]2CCCCCN2C(=O)Nc2ccc(Cl)cc2)cc1. The van der Waals surface area contributed by atoms with Crippen LogP contribution in [0.3, 0.4) is 0 Å². The monoisotopic (exact) mass is 358 g/mol. The van der Waals surface area contributed by atoms with Crippen LogP contribution in [0.1, 0.15) is 37.3 Å². The standard InChI is InChI=1S/C20H23ClN2O2/c1-25-18-12-6-15(7-13-18)19-5-3-2-4-14-23(19)20(24)22-17-10-8-16(21)9-11-17/h6-13,19H,2-5,14H2,1H3,(H,22,24)/t19-/m0/s1. The molecular formula is C20H23ClN2O2. The zero-order chi connectivity index (χ0) is 17.6. The first-order valence-corrected chi connectivity index (χ1v) is 9.02. The number of hydrogen-bond acceptors (Lipinski definition) is 2. The summed E-state index contributed by atoms with van der Waals surface area (Å²) in [6, 6.07) is 15.2. The Morgan fingerprint density at radius 1 is 1.08 bits per heavy atom. The van der Waals surface area contributed by atoms with Crippen molar-refractivity contribution in [2.24, 2.45) is 0 Å². The Morgan fingerprint density at radius 2 is 1.80 bits per heavy atom. The summed E-state index contributed by atoms with van der Waals surface area (Å²) in [6.07, 6.45) is 4.28. The molecule has 0 aliphatic carbocycles. The third-order valence-corrected chi connectivity index (χ3v) is 4.86. The maximum absolute atomic E-state index is 12.9. The number of likely N-dealkylation sites (tertiary alicyclic amines) is 1. The Morgan fingerprint density at radius 3 is 2.48 bits per heavy atom. The molecule has 132 valence electrons. The summed E-state index contributed by atoms with van der Waals surface area (Å²) in [4.78, 5) is 14.8. The number of benzene rings is 2. The van der Waals surface area contributed by atoms with Crippen LogP contribution in [0.2, 0.25) is 5.02 Å². The molecule has 1 fully saturated rings. The number of methoxy groups -OCH3 is 1. The molecule has 1 aliphatic heterocycles. The van der Waals surface area contributed by atoms with Gasteiger partial charge in [-0.15, -0.1) is 0 Å². The fraction of sp³-hybridized carbons (Fsp3) is 0.350. The molecule has 0 spiro atoms. The highest BCUT2D eigenvalue weighted by Gasteiger charge is 2.26. The largest absolute Gasteiger partial charge is 0.497 e. The number of rotatable bonds is 3. The topological polar surface area (TPSA) is 41.6 Å². The molecule has 3 rings (SSSR count). The molecule has 5 heteroatoms. The van der Waals surface area contributed by atoms with E-state index >= 15 is 0 Å². The number of carbonyl (C=O) groups excluding carboxylic acids is 1. The number of ether oxygens (including phenoxy) is 1. The van der Waals surface area contributed by atoms with E-state index in [1.807, 2.05) is 29.2 Å². The molecule has 25 heavy (non-hydrogen) atoms. The number of hydrogen-bond donors (Lipinski definition) is 1. The summed E-state index contributed by atoms with van der Waals surface area (Å²) in [5.41, 5.74) is 1.90. The second-order valence-corrected chi connectivity index (χ2v) is 6.71. The molecule has 2 amide bonds. The third kappa shape index (κ3) is 4.45. The lowest BCUT2D eigenvalue weighted by molar-refractivity contribution is 0.189. The minimum Gasteiger partial charge on any atom is -0.497 e. The fourth-order valence-corrected chi connectivity index (χ4v) is 3.38. The second kappa shape index (κ2) is 8.26. The molecule has 0 saturated carbocycles. The molecule has 1 aliphatic rings. The van der Waals surface area contributed by atoms with Gasteiger partial charge in [-0.2, -0.15) is 0 Å². The van der Waals surface area contributed by atoms with E-state index in [2.05, 4.69) is 17.4 Å². The van der Waals surface area contributed by atoms with Gasteiger partial charge in [-0.05, 0) is 54.8 Å². The van der Waals surface area contributed by atoms with Crippen molar-refractivity contribution >= 4 is 23.3 Å². The lowest BCUT2D eigenvalue weighted by atomic mass is 10.0. The van der Waals surface area contributed by atoms with E-state index < -0.39 is 0 Å². The minimum absolute atomic E-state index is 0.0648. The molecular weight excluding hydrogens is 336 g/mol. The quantitative estimate of drug-likeness (QED) is 0.787. The van der Waals surface area contributed by atoms with Crippen molar-refractivity contribution in [3.05, 3.63) is 59.1 Å². The summed E-state index contributed by atoms with van der Waals surface area (Å²) in [5, 5.41) is 3.65. The number of halogens is 1. The van der Waals surface area contributed by atoms with E-state index in [-0.39, 0.29) is 12.1 Å². The van der Waals surface area contributed by atoms with Crippen LogP contribution in [-0.4, -0.2) is 24.6 Å². The highest BCUT2D eigenvalue weighted by atomic mass is 35.5. The van der Waals surface area contributed by atoms with Crippen LogP contribution in [0.25, 0.3) is 0 Å². The Kier molecular flexibility index (Phi) is 5.82. The summed E-state index contributed by atoms with van der Waals surface area (Å²) in [6.45, 7) is 0.760. The van der Waals surface area contributed by atoms with Crippen LogP contribution in [0, 0.1) is 0 Å². The molecule has 2 aromatic rings. The predicted molar refractivity (Wildman–Crippen MR) is 101 cm³/mol. The molecule has 1 saturated heterocycles. The maximum Gasteiger partial charge on any atom is 0.322 e. The molecule has 1 heterocycles. The Labute approximate surface area is 153 Å². The van der Waals surface area contributed by atoms with Crippen LogP contribution in [0.5, 0.6) is 5.75 Å². The summed E-state index contributed by atoms with van der Waals surface area (Å²) in [5.74, 6) is 0.828. The van der Waals surface area contributed by atoms with Crippen molar-refractivity contribution in [3.8, 4) is 5.75 Å². The van der Waals surface area contributed by atoms with Gasteiger partial charge in [0.05, 0.1) is 13.2 Å². The molecule has 1 N–H and O–H groups in total. The molecule has 0 unspecified atom stereocenters. The van der Waals surface area contributed by atoms with Gasteiger partial charge in [-0.3, -0.25) is 0 Å². The molecule has 0 radical (unpaired) electrons. The Bertz CT molecular complexity index is 701. The molecule has 1 atom stereocenters. The van der Waals surface area contributed by atoms with Gasteiger partial charge in [0.15, 0.2) is 0 Å². The van der Waals surface area contributed by atoms with Crippen molar-refractivity contribution in [2.45, 2.75) is 31.7 Å². The first kappa shape index (κ1) is 17.6. The zero-order valence-electron chi connectivity index (χ0n) is 14.4. The van der Waals surface area contributed by atoms with Gasteiger partial charge in [0, 0.05) is 17.3 Å². The van der Waals surface area contributed by atoms with Crippen molar-refractivity contribution in [3.63, 3.8) is 0 Å². The van der Waals surface area contributed by atoms with Crippen LogP contribution in [0.15, 0.2) is 48.5 Å². The minimum atomic E-state index is -0.0648. The van der Waals surface area contributed by atoms with Gasteiger partial charge < -0.3 is 15.0 Å². The fourth-order valence-electron chi connectivity index (χ4n) is 3.25. The number of carbonyl (C=O) groups is 1. The smallest absolute Gasteiger partial charge is 0.322 e. The summed E-state index contributed by atoms with van der Waals surface area (Å²) < 4.78 is 5.24. The van der Waals surface area contributed by atoms with Crippen LogP contribution < -0.4 is 10.1 Å². The highest BCUT2D eigenvalue weighted by Crippen LogP contribution is 2.31. The molecule has 0 bridgehead atoms. The maximum atomic E-state index is 12.9. The molecule has 0 aromatic heterocycles. The van der Waals surface area contributed by atoms with E-state index in [0.29, 0.717) is 5.02 Å². The average molecular weight is 359 g/mol. The van der Waals surface area contributed by atoms with Gasteiger partial charge in [0.25, 0.3) is 0 Å². The number of nitrogens with one attached hydrogen (secondary N) is 1. The van der Waals surface area contributed by atoms with Gasteiger partial charge in [-0.25, -0.2) is 4.79 Å². The van der Waals surface area contributed by atoms with Gasteiger partial charge in [0.2, 0.25) is 0 Å². The number of anilines is 1. The highest BCUT2D eigenvalue weighted by molar-refractivity contribution is 6.30. The van der Waals surface area contributed by atoms with Crippen LogP contribution in [-0.2, 0) is 0 Å². The lowest BCUT2D eigenvalue weighted by Gasteiger charge is -2.30. The van der Waals surface area contributed by atoms with Crippen molar-refractivity contribution in [1.82, 2.24) is 4.90 Å². The first-order chi connectivity index (χ1) is 12.2. The van der Waals surface area contributed by atoms with E-state index in [4.69, 9.17) is 16.3 Å². The van der Waals surface area contributed by atoms with E-state index in [1.54, 1.807) is 19.2 Å². The van der Waals surface area contributed by atoms with Crippen molar-refractivity contribution in [1.29, 1.82) is 0 Å². The molecule has 2 aromatic carbocycles. The first-order valence-electron chi connectivity index (χ1n) is 8.64. The Balaban J connectivity index is 1.79. The predicted octanol–water partition coefficient (Wildman–Crippen LogP) is 5.50. The van der Waals surface area contributed by atoms with Crippen molar-refractivity contribution in [2.75, 3.05) is 19.0 Å². The van der Waals surface area contributed by atoms with Crippen LogP contribution in [0.4, 0.5) is 10.5 Å². The second-order valence-electron chi connectivity index (χ2n) is 6.27. The van der Waals surface area contributed by atoms with Gasteiger partial charge >= 0.3 is 6.03 Å². The zero-order valence-corrected chi connectivity index (χ0v) is 15.1. The number of amides is 2. The van der Waals surface area contributed by atoms with E-state index in [1.165, 1.54) is 0 Å². The normalized spacial score (nSPS) is 17.7. The summed E-state index contributed by atoms with van der Waals surface area (Å²) >= 11 is 5.91. The lowest BCUT2D eigenvalue weighted by Crippen LogP contribution is -2.38. The van der Waals surface area contributed by atoms with E-state index in [9.17, 15) is 4.79 Å². The summed E-state index contributed by atoms with van der Waals surface area (Å²) in [7, 11) is 1.66. The van der Waals surface area contributed by atoms with Crippen molar-refractivity contribution < 1.29 is 9.53 Å². The number of urea groups is 1. The van der Waals surface area contributed by atoms with E-state index in [0.717, 1.165) is 49.2 Å².